The molecule has 1 fully saturated rings. The second-order valence-corrected chi connectivity index (χ2v) is 6.71. The molecule has 1 aliphatic carbocycles. The zero-order valence-electron chi connectivity index (χ0n) is 13.5. The first kappa shape index (κ1) is 17.7. The summed E-state index contributed by atoms with van der Waals surface area (Å²) in [4.78, 5) is 32.6. The molecular weight excluding hydrogens is 316 g/mol. The van der Waals surface area contributed by atoms with Crippen LogP contribution in [0.25, 0.3) is 0 Å². The third kappa shape index (κ3) is 4.41. The Bertz CT molecular complexity index is 591. The van der Waals surface area contributed by atoms with Crippen LogP contribution in [0.1, 0.15) is 68.2 Å². The van der Waals surface area contributed by atoms with Gasteiger partial charge in [0.1, 0.15) is 11.5 Å². The van der Waals surface area contributed by atoms with Gasteiger partial charge in [-0.15, -0.1) is 0 Å². The number of nitrogens with zero attached hydrogens (tertiary/aromatic N) is 2. The summed E-state index contributed by atoms with van der Waals surface area (Å²) in [6.45, 7) is 3.89. The molecule has 126 valence electrons. The van der Waals surface area contributed by atoms with Crippen molar-refractivity contribution in [3.8, 4) is 0 Å². The monoisotopic (exact) mass is 338 g/mol. The average Bonchev–Trinajstić information content (AvgIpc) is 2.72. The zero-order chi connectivity index (χ0) is 17.0. The molecule has 0 aliphatic heterocycles. The van der Waals surface area contributed by atoms with Crippen molar-refractivity contribution in [2.24, 2.45) is 11.7 Å². The minimum absolute atomic E-state index is 0.0927. The molecule has 2 rings (SSSR count). The standard InChI is InChI=1S/C16H23ClN4O2/c1-9(2)15-19-8-11(17)13(21-15)16(23)20-12-7-5-3-4-6-10(12)14(18)22/h8-10,12H,3-7H2,1-2H3,(H2,18,22)(H,20,23)/t10-,12-/m0/s1. The number of rotatable bonds is 4. The fourth-order valence-electron chi connectivity index (χ4n) is 2.88. The van der Waals surface area contributed by atoms with Gasteiger partial charge in [0.05, 0.1) is 17.1 Å². The van der Waals surface area contributed by atoms with Gasteiger partial charge in [0.15, 0.2) is 0 Å². The van der Waals surface area contributed by atoms with Gasteiger partial charge in [-0.2, -0.15) is 0 Å². The van der Waals surface area contributed by atoms with Gasteiger partial charge >= 0.3 is 0 Å². The molecule has 2 atom stereocenters. The van der Waals surface area contributed by atoms with Crippen LogP contribution < -0.4 is 11.1 Å². The molecule has 6 nitrogen and oxygen atoms in total. The molecule has 3 N–H and O–H groups in total. The summed E-state index contributed by atoms with van der Waals surface area (Å²) in [7, 11) is 0. The average molecular weight is 339 g/mol. The normalized spacial score (nSPS) is 21.7. The van der Waals surface area contributed by atoms with E-state index in [2.05, 4.69) is 15.3 Å². The molecule has 7 heteroatoms. The first-order valence-corrected chi connectivity index (χ1v) is 8.40. The topological polar surface area (TPSA) is 98.0 Å². The van der Waals surface area contributed by atoms with E-state index in [0.717, 1.165) is 25.7 Å². The number of amides is 2. The molecule has 0 aromatic carbocycles. The van der Waals surface area contributed by atoms with E-state index in [1.807, 2.05) is 13.8 Å². The van der Waals surface area contributed by atoms with Crippen LogP contribution in [0.5, 0.6) is 0 Å². The van der Waals surface area contributed by atoms with Gasteiger partial charge in [-0.05, 0) is 12.8 Å². The second-order valence-electron chi connectivity index (χ2n) is 6.31. The van der Waals surface area contributed by atoms with Crippen LogP contribution in [0.2, 0.25) is 5.02 Å². The Morgan fingerprint density at radius 1 is 1.30 bits per heavy atom. The number of hydrogen-bond acceptors (Lipinski definition) is 4. The van der Waals surface area contributed by atoms with Gasteiger partial charge in [-0.1, -0.05) is 44.7 Å². The number of primary amides is 1. The third-order valence-corrected chi connectivity index (χ3v) is 4.47. The SMILES string of the molecule is CC(C)c1ncc(Cl)c(C(=O)N[C@H]2CCCCC[C@@H]2C(N)=O)n1. The van der Waals surface area contributed by atoms with Crippen molar-refractivity contribution in [3.63, 3.8) is 0 Å². The molecule has 1 aromatic rings. The van der Waals surface area contributed by atoms with Gasteiger partial charge in [-0.3, -0.25) is 9.59 Å². The highest BCUT2D eigenvalue weighted by Crippen LogP contribution is 2.24. The Hall–Kier alpha value is -1.69. The molecule has 0 spiro atoms. The Balaban J connectivity index is 2.19. The lowest BCUT2D eigenvalue weighted by atomic mass is 9.94. The van der Waals surface area contributed by atoms with Crippen molar-refractivity contribution in [3.05, 3.63) is 22.7 Å². The lowest BCUT2D eigenvalue weighted by molar-refractivity contribution is -0.122. The molecule has 1 heterocycles. The minimum Gasteiger partial charge on any atom is -0.369 e. The highest BCUT2D eigenvalue weighted by molar-refractivity contribution is 6.33. The number of carbonyl (C=O) groups excluding carboxylic acids is 2. The molecule has 2 amide bonds. The van der Waals surface area contributed by atoms with Crippen LogP contribution in [0.3, 0.4) is 0 Å². The van der Waals surface area contributed by atoms with Gasteiger partial charge in [0, 0.05) is 12.0 Å². The Labute approximate surface area is 141 Å². The molecule has 0 unspecified atom stereocenters. The van der Waals surface area contributed by atoms with Crippen molar-refractivity contribution in [2.75, 3.05) is 0 Å². The lowest BCUT2D eigenvalue weighted by Gasteiger charge is -2.23. The van der Waals surface area contributed by atoms with Crippen LogP contribution in [0, 0.1) is 5.92 Å². The summed E-state index contributed by atoms with van der Waals surface area (Å²) in [6.07, 6.45) is 5.84. The predicted octanol–water partition coefficient (Wildman–Crippen LogP) is 2.42. The van der Waals surface area contributed by atoms with E-state index in [1.54, 1.807) is 0 Å². The van der Waals surface area contributed by atoms with Crippen molar-refractivity contribution in [1.82, 2.24) is 15.3 Å². The highest BCUT2D eigenvalue weighted by Gasteiger charge is 2.30. The van der Waals surface area contributed by atoms with Crippen molar-refractivity contribution < 1.29 is 9.59 Å². The molecular formula is C16H23ClN4O2. The maximum absolute atomic E-state index is 12.6. The van der Waals surface area contributed by atoms with Gasteiger partial charge in [0.25, 0.3) is 5.91 Å². The van der Waals surface area contributed by atoms with Gasteiger partial charge < -0.3 is 11.1 Å². The fourth-order valence-corrected chi connectivity index (χ4v) is 3.05. The van der Waals surface area contributed by atoms with Gasteiger partial charge in [-0.25, -0.2) is 9.97 Å². The predicted molar refractivity (Wildman–Crippen MR) is 88.2 cm³/mol. The Kier molecular flexibility index (Phi) is 5.93. The summed E-state index contributed by atoms with van der Waals surface area (Å²) in [6, 6.07) is -0.268. The number of nitrogens with two attached hydrogens (primary N) is 1. The Morgan fingerprint density at radius 2 is 2.00 bits per heavy atom. The number of halogens is 1. The molecule has 1 aliphatic rings. The largest absolute Gasteiger partial charge is 0.369 e. The first-order chi connectivity index (χ1) is 10.9. The minimum atomic E-state index is -0.377. The molecule has 1 saturated carbocycles. The summed E-state index contributed by atoms with van der Waals surface area (Å²) >= 11 is 6.07. The van der Waals surface area contributed by atoms with Crippen LogP contribution in [0.15, 0.2) is 6.20 Å². The van der Waals surface area contributed by atoms with Crippen molar-refractivity contribution in [2.45, 2.75) is 57.9 Å². The van der Waals surface area contributed by atoms with E-state index in [0.29, 0.717) is 12.2 Å². The summed E-state index contributed by atoms with van der Waals surface area (Å²) in [5, 5.41) is 3.10. The van der Waals surface area contributed by atoms with Crippen LogP contribution in [-0.2, 0) is 4.79 Å². The molecule has 0 saturated heterocycles. The molecule has 0 bridgehead atoms. The number of aromatic nitrogens is 2. The van der Waals surface area contributed by atoms with Crippen LogP contribution >= 0.6 is 11.6 Å². The second kappa shape index (κ2) is 7.73. The number of hydrogen-bond donors (Lipinski definition) is 2. The van der Waals surface area contributed by atoms with Gasteiger partial charge in [0.2, 0.25) is 5.91 Å². The third-order valence-electron chi connectivity index (χ3n) is 4.19. The summed E-state index contributed by atoms with van der Waals surface area (Å²) in [5.74, 6) is -0.431. The van der Waals surface area contributed by atoms with E-state index in [9.17, 15) is 9.59 Å². The van der Waals surface area contributed by atoms with E-state index < -0.39 is 0 Å². The van der Waals surface area contributed by atoms with Crippen molar-refractivity contribution in [1.29, 1.82) is 0 Å². The highest BCUT2D eigenvalue weighted by atomic mass is 35.5. The van der Waals surface area contributed by atoms with E-state index in [4.69, 9.17) is 17.3 Å². The molecule has 23 heavy (non-hydrogen) atoms. The van der Waals surface area contributed by atoms with E-state index in [1.165, 1.54) is 6.20 Å². The molecule has 0 radical (unpaired) electrons. The number of carbonyl (C=O) groups is 2. The zero-order valence-corrected chi connectivity index (χ0v) is 14.3. The maximum atomic E-state index is 12.6. The smallest absolute Gasteiger partial charge is 0.271 e. The fraction of sp³-hybridized carbons (Fsp3) is 0.625. The van der Waals surface area contributed by atoms with Crippen LogP contribution in [-0.4, -0.2) is 27.8 Å². The maximum Gasteiger partial charge on any atom is 0.271 e. The molecule has 1 aromatic heterocycles. The number of nitrogens with one attached hydrogen (secondary N) is 1. The van der Waals surface area contributed by atoms with E-state index >= 15 is 0 Å². The summed E-state index contributed by atoms with van der Waals surface area (Å²) < 4.78 is 0. The Morgan fingerprint density at radius 3 is 2.65 bits per heavy atom. The summed E-state index contributed by atoms with van der Waals surface area (Å²) in [5.41, 5.74) is 5.64. The van der Waals surface area contributed by atoms with Crippen molar-refractivity contribution >= 4 is 23.4 Å². The van der Waals surface area contributed by atoms with Crippen LogP contribution in [0.4, 0.5) is 0 Å². The van der Waals surface area contributed by atoms with E-state index in [-0.39, 0.29) is 40.4 Å². The quantitative estimate of drug-likeness (QED) is 0.823. The first-order valence-electron chi connectivity index (χ1n) is 8.02. The lowest BCUT2D eigenvalue weighted by Crippen LogP contribution is -2.45.